The van der Waals surface area contributed by atoms with Crippen molar-refractivity contribution in [1.82, 2.24) is 0 Å². The summed E-state index contributed by atoms with van der Waals surface area (Å²) in [5.41, 5.74) is 1.36. The Balaban J connectivity index is 2.08. The largest absolute Gasteiger partial charge is 0.496 e. The average molecular weight is 333 g/mol. The molecule has 0 radical (unpaired) electrons. The Morgan fingerprint density at radius 1 is 1.09 bits per heavy atom. The van der Waals surface area contributed by atoms with Gasteiger partial charge in [-0.1, -0.05) is 59.6 Å². The van der Waals surface area contributed by atoms with Crippen molar-refractivity contribution < 1.29 is 9.53 Å². The first kappa shape index (κ1) is 16.3. The minimum absolute atomic E-state index is 0.175. The average Bonchev–Trinajstić information content (AvgIpc) is 2.51. The van der Waals surface area contributed by atoms with Crippen LogP contribution in [0.1, 0.15) is 15.9 Å². The highest BCUT2D eigenvalue weighted by Crippen LogP contribution is 2.22. The second kappa shape index (κ2) is 7.83. The third-order valence-electron chi connectivity index (χ3n) is 2.97. The fraction of sp³-hybridized carbons (Fsp3) is 0.0556. The molecule has 22 heavy (non-hydrogen) atoms. The number of halogens is 2. The van der Waals surface area contributed by atoms with Gasteiger partial charge in [0.1, 0.15) is 5.75 Å². The Labute approximate surface area is 139 Å². The molecule has 0 unspecified atom stereocenters. The number of methoxy groups -OCH3 is 1. The van der Waals surface area contributed by atoms with E-state index in [-0.39, 0.29) is 5.78 Å². The van der Waals surface area contributed by atoms with E-state index in [1.807, 2.05) is 30.3 Å². The van der Waals surface area contributed by atoms with Gasteiger partial charge >= 0.3 is 0 Å². The number of carbonyl (C=O) groups is 1. The van der Waals surface area contributed by atoms with Gasteiger partial charge in [-0.15, -0.1) is 0 Å². The fourth-order valence-electron chi connectivity index (χ4n) is 1.89. The normalized spacial score (nSPS) is 11.2. The fourth-order valence-corrected chi connectivity index (χ4v) is 2.39. The van der Waals surface area contributed by atoms with E-state index in [9.17, 15) is 4.79 Å². The van der Waals surface area contributed by atoms with Crippen LogP contribution >= 0.6 is 23.2 Å². The minimum atomic E-state index is -0.175. The van der Waals surface area contributed by atoms with E-state index in [0.29, 0.717) is 15.6 Å². The Hall–Kier alpha value is -2.03. The third-order valence-corrected chi connectivity index (χ3v) is 3.52. The second-order valence-corrected chi connectivity index (χ2v) is 5.29. The van der Waals surface area contributed by atoms with E-state index < -0.39 is 0 Å². The summed E-state index contributed by atoms with van der Waals surface area (Å²) in [6, 6.07) is 12.4. The molecule has 2 nitrogen and oxygen atoms in total. The zero-order valence-corrected chi connectivity index (χ0v) is 13.4. The molecule has 0 N–H and O–H groups in total. The predicted octanol–water partition coefficient (Wildman–Crippen LogP) is 5.45. The summed E-state index contributed by atoms with van der Waals surface area (Å²) in [6.45, 7) is 0. The Morgan fingerprint density at radius 3 is 2.59 bits per heavy atom. The van der Waals surface area contributed by atoms with Crippen LogP contribution in [0.2, 0.25) is 10.0 Å². The van der Waals surface area contributed by atoms with E-state index in [1.54, 1.807) is 37.5 Å². The third kappa shape index (κ3) is 4.23. The van der Waals surface area contributed by atoms with Gasteiger partial charge < -0.3 is 4.74 Å². The lowest BCUT2D eigenvalue weighted by atomic mass is 10.1. The van der Waals surface area contributed by atoms with Crippen molar-refractivity contribution in [3.63, 3.8) is 0 Å². The van der Waals surface area contributed by atoms with E-state index >= 15 is 0 Å². The first-order valence-corrected chi connectivity index (χ1v) is 7.34. The quantitative estimate of drug-likeness (QED) is 0.413. The van der Waals surface area contributed by atoms with Crippen molar-refractivity contribution in [2.24, 2.45) is 0 Å². The molecule has 0 amide bonds. The van der Waals surface area contributed by atoms with Crippen molar-refractivity contribution in [2.75, 3.05) is 7.11 Å². The van der Waals surface area contributed by atoms with E-state index in [4.69, 9.17) is 27.9 Å². The molecular formula is C18H14Cl2O2. The van der Waals surface area contributed by atoms with Gasteiger partial charge in [-0.05, 0) is 30.3 Å². The standard InChI is InChI=1S/C18H14Cl2O2/c1-22-18-9-5-3-7-13(18)6-2-4-8-17(21)15-11-10-14(19)12-16(15)20/h2-12H,1H3. The van der Waals surface area contributed by atoms with Gasteiger partial charge in [0.15, 0.2) is 5.78 Å². The maximum absolute atomic E-state index is 12.0. The molecule has 112 valence electrons. The molecule has 0 aliphatic carbocycles. The molecule has 0 aliphatic heterocycles. The molecule has 2 aromatic carbocycles. The molecule has 2 aromatic rings. The summed E-state index contributed by atoms with van der Waals surface area (Å²) in [6.07, 6.45) is 6.77. The van der Waals surface area contributed by atoms with Gasteiger partial charge in [0.2, 0.25) is 0 Å². The van der Waals surface area contributed by atoms with Crippen LogP contribution in [0, 0.1) is 0 Å². The van der Waals surface area contributed by atoms with Gasteiger partial charge in [-0.25, -0.2) is 0 Å². The lowest BCUT2D eigenvalue weighted by Crippen LogP contribution is -1.94. The molecule has 0 aromatic heterocycles. The van der Waals surface area contributed by atoms with Gasteiger partial charge in [-0.3, -0.25) is 4.79 Å². The number of para-hydroxylation sites is 1. The highest BCUT2D eigenvalue weighted by Gasteiger charge is 2.07. The number of benzene rings is 2. The summed E-state index contributed by atoms with van der Waals surface area (Å²) in [5, 5.41) is 0.845. The van der Waals surface area contributed by atoms with Crippen LogP contribution in [0.4, 0.5) is 0 Å². The summed E-state index contributed by atoms with van der Waals surface area (Å²) in [7, 11) is 1.62. The number of hydrogen-bond acceptors (Lipinski definition) is 2. The minimum Gasteiger partial charge on any atom is -0.496 e. The SMILES string of the molecule is COc1ccccc1C=CC=CC(=O)c1ccc(Cl)cc1Cl. The van der Waals surface area contributed by atoms with Crippen molar-refractivity contribution in [1.29, 1.82) is 0 Å². The molecule has 2 rings (SSSR count). The zero-order valence-electron chi connectivity index (χ0n) is 11.9. The number of ketones is 1. The molecule has 0 saturated carbocycles. The molecular weight excluding hydrogens is 319 g/mol. The van der Waals surface area contributed by atoms with Crippen LogP contribution in [0.5, 0.6) is 5.75 Å². The lowest BCUT2D eigenvalue weighted by molar-refractivity contribution is 0.104. The summed E-state index contributed by atoms with van der Waals surface area (Å²) < 4.78 is 5.25. The van der Waals surface area contributed by atoms with Crippen LogP contribution < -0.4 is 4.74 Å². The molecule has 4 heteroatoms. The predicted molar refractivity (Wildman–Crippen MR) is 92.0 cm³/mol. The van der Waals surface area contributed by atoms with Crippen LogP contribution in [0.15, 0.2) is 60.7 Å². The molecule has 0 atom stereocenters. The Bertz CT molecular complexity index is 734. The zero-order chi connectivity index (χ0) is 15.9. The molecule has 0 heterocycles. The van der Waals surface area contributed by atoms with E-state index in [0.717, 1.165) is 11.3 Å². The first-order valence-electron chi connectivity index (χ1n) is 6.59. The van der Waals surface area contributed by atoms with Gasteiger partial charge in [0, 0.05) is 16.1 Å². The Kier molecular flexibility index (Phi) is 5.82. The van der Waals surface area contributed by atoms with Crippen LogP contribution in [0.25, 0.3) is 6.08 Å². The van der Waals surface area contributed by atoms with E-state index in [1.165, 1.54) is 6.08 Å². The molecule has 0 fully saturated rings. The maximum Gasteiger partial charge on any atom is 0.187 e. The number of ether oxygens (including phenoxy) is 1. The van der Waals surface area contributed by atoms with Crippen LogP contribution in [-0.2, 0) is 0 Å². The van der Waals surface area contributed by atoms with Crippen LogP contribution in [0.3, 0.4) is 0 Å². The van der Waals surface area contributed by atoms with Gasteiger partial charge in [0.25, 0.3) is 0 Å². The second-order valence-electron chi connectivity index (χ2n) is 4.45. The maximum atomic E-state index is 12.0. The topological polar surface area (TPSA) is 26.3 Å². The number of rotatable bonds is 5. The van der Waals surface area contributed by atoms with Crippen molar-refractivity contribution in [2.45, 2.75) is 0 Å². The highest BCUT2D eigenvalue weighted by molar-refractivity contribution is 6.37. The van der Waals surface area contributed by atoms with Crippen molar-refractivity contribution in [3.05, 3.63) is 81.9 Å². The summed E-state index contributed by atoms with van der Waals surface area (Å²) in [4.78, 5) is 12.0. The van der Waals surface area contributed by atoms with Gasteiger partial charge in [0.05, 0.1) is 12.1 Å². The summed E-state index contributed by atoms with van der Waals surface area (Å²) >= 11 is 11.8. The van der Waals surface area contributed by atoms with Crippen LogP contribution in [-0.4, -0.2) is 12.9 Å². The highest BCUT2D eigenvalue weighted by atomic mass is 35.5. The Morgan fingerprint density at radius 2 is 1.86 bits per heavy atom. The van der Waals surface area contributed by atoms with Crippen molar-refractivity contribution in [3.8, 4) is 5.75 Å². The number of carbonyl (C=O) groups excluding carboxylic acids is 1. The van der Waals surface area contributed by atoms with Crippen molar-refractivity contribution >= 4 is 35.1 Å². The molecule has 0 spiro atoms. The molecule has 0 bridgehead atoms. The molecule has 0 aliphatic rings. The van der Waals surface area contributed by atoms with E-state index in [2.05, 4.69) is 0 Å². The molecule has 0 saturated heterocycles. The summed E-state index contributed by atoms with van der Waals surface area (Å²) in [5.74, 6) is 0.602. The van der Waals surface area contributed by atoms with Gasteiger partial charge in [-0.2, -0.15) is 0 Å². The monoisotopic (exact) mass is 332 g/mol. The number of allylic oxidation sites excluding steroid dienone is 3. The lowest BCUT2D eigenvalue weighted by Gasteiger charge is -2.02. The number of hydrogen-bond donors (Lipinski definition) is 0. The smallest absolute Gasteiger partial charge is 0.187 e. The first-order chi connectivity index (χ1) is 10.6.